The number of benzene rings is 1. The molecule has 1 aromatic carbocycles. The third-order valence-corrected chi connectivity index (χ3v) is 7.41. The highest BCUT2D eigenvalue weighted by molar-refractivity contribution is 5.85. The second-order valence-corrected chi connectivity index (χ2v) is 9.94. The first-order chi connectivity index (χ1) is 17.4. The Bertz CT molecular complexity index is 1290. The summed E-state index contributed by atoms with van der Waals surface area (Å²) in [5.41, 5.74) is 1.20. The maximum absolute atomic E-state index is 14.5. The van der Waals surface area contributed by atoms with Gasteiger partial charge >= 0.3 is 5.97 Å². The van der Waals surface area contributed by atoms with Gasteiger partial charge in [0.05, 0.1) is 18.3 Å². The largest absolute Gasteiger partial charge is 0.477 e. The normalized spacial score (nSPS) is 23.3. The Morgan fingerprint density at radius 2 is 1.83 bits per heavy atom. The molecule has 2 aromatic heterocycles. The lowest BCUT2D eigenvalue weighted by atomic mass is 9.99. The van der Waals surface area contributed by atoms with Gasteiger partial charge in [-0.15, -0.1) is 0 Å². The van der Waals surface area contributed by atoms with Crippen molar-refractivity contribution < 1.29 is 27.9 Å². The summed E-state index contributed by atoms with van der Waals surface area (Å²) in [6.07, 6.45) is 5.18. The molecule has 8 nitrogen and oxygen atoms in total. The number of halogens is 2. The van der Waals surface area contributed by atoms with Crippen LogP contribution in [0.1, 0.15) is 71.9 Å². The summed E-state index contributed by atoms with van der Waals surface area (Å²) < 4.78 is 41.0. The first-order valence-electron chi connectivity index (χ1n) is 12.3. The molecule has 0 radical (unpaired) electrons. The summed E-state index contributed by atoms with van der Waals surface area (Å²) in [5.74, 6) is -1.13. The highest BCUT2D eigenvalue weighted by Gasteiger charge is 2.43. The highest BCUT2D eigenvalue weighted by Crippen LogP contribution is 2.45. The van der Waals surface area contributed by atoms with Gasteiger partial charge in [-0.25, -0.2) is 23.5 Å². The topological polar surface area (TPSA) is 102 Å². The number of carboxylic acids is 1. The SMILES string of the molecule is Cc1cc(C(=O)O)nc(N2C3CCC2CC(OCc2c(-c4c(F)cccc4F)noc2C2CC2)C3)n1. The van der Waals surface area contributed by atoms with E-state index in [-0.39, 0.29) is 47.7 Å². The zero-order valence-electron chi connectivity index (χ0n) is 19.8. The Kier molecular flexibility index (Phi) is 5.70. The number of fused-ring (bicyclic) bond motifs is 2. The number of piperidine rings is 1. The smallest absolute Gasteiger partial charge is 0.354 e. The molecule has 3 aliphatic rings. The third-order valence-electron chi connectivity index (χ3n) is 7.41. The van der Waals surface area contributed by atoms with E-state index in [1.807, 2.05) is 0 Å². The van der Waals surface area contributed by atoms with Gasteiger partial charge < -0.3 is 19.3 Å². The Labute approximate surface area is 206 Å². The van der Waals surface area contributed by atoms with Crippen LogP contribution in [-0.4, -0.2) is 44.4 Å². The minimum Gasteiger partial charge on any atom is -0.477 e. The van der Waals surface area contributed by atoms with Crippen LogP contribution in [-0.2, 0) is 11.3 Å². The van der Waals surface area contributed by atoms with Crippen LogP contribution in [0.3, 0.4) is 0 Å². The van der Waals surface area contributed by atoms with Crippen LogP contribution < -0.4 is 4.90 Å². The molecule has 188 valence electrons. The fourth-order valence-electron chi connectivity index (χ4n) is 5.62. The number of carboxylic acid groups (broad SMARTS) is 1. The van der Waals surface area contributed by atoms with Crippen molar-refractivity contribution in [1.82, 2.24) is 15.1 Å². The molecule has 4 heterocycles. The number of carbonyl (C=O) groups is 1. The summed E-state index contributed by atoms with van der Waals surface area (Å²) in [6.45, 7) is 1.93. The number of aromatic nitrogens is 3. The molecule has 3 fully saturated rings. The number of hydrogen-bond acceptors (Lipinski definition) is 7. The van der Waals surface area contributed by atoms with Crippen molar-refractivity contribution in [3.8, 4) is 11.3 Å². The monoisotopic (exact) mass is 496 g/mol. The van der Waals surface area contributed by atoms with Gasteiger partial charge in [0.25, 0.3) is 0 Å². The van der Waals surface area contributed by atoms with E-state index in [9.17, 15) is 18.7 Å². The molecule has 10 heteroatoms. The molecule has 6 rings (SSSR count). The van der Waals surface area contributed by atoms with E-state index in [0.29, 0.717) is 23.0 Å². The van der Waals surface area contributed by atoms with Crippen molar-refractivity contribution in [3.63, 3.8) is 0 Å². The molecular weight excluding hydrogens is 470 g/mol. The Hall–Kier alpha value is -3.40. The van der Waals surface area contributed by atoms with Crippen molar-refractivity contribution in [2.75, 3.05) is 4.90 Å². The van der Waals surface area contributed by atoms with Crippen molar-refractivity contribution in [1.29, 1.82) is 0 Å². The van der Waals surface area contributed by atoms with E-state index in [1.54, 1.807) is 6.92 Å². The maximum atomic E-state index is 14.5. The van der Waals surface area contributed by atoms with Crippen LogP contribution in [0, 0.1) is 18.6 Å². The molecule has 2 bridgehead atoms. The van der Waals surface area contributed by atoms with E-state index in [4.69, 9.17) is 9.26 Å². The molecule has 36 heavy (non-hydrogen) atoms. The zero-order chi connectivity index (χ0) is 25.0. The van der Waals surface area contributed by atoms with Gasteiger partial charge in [-0.05, 0) is 63.6 Å². The van der Waals surface area contributed by atoms with Crippen LogP contribution in [0.25, 0.3) is 11.3 Å². The predicted octanol–water partition coefficient (Wildman–Crippen LogP) is 5.01. The molecule has 0 amide bonds. The fourth-order valence-corrected chi connectivity index (χ4v) is 5.62. The molecule has 1 aliphatic carbocycles. The lowest BCUT2D eigenvalue weighted by Crippen LogP contribution is -2.46. The predicted molar refractivity (Wildman–Crippen MR) is 125 cm³/mol. The van der Waals surface area contributed by atoms with Gasteiger partial charge in [0.15, 0.2) is 5.69 Å². The lowest BCUT2D eigenvalue weighted by Gasteiger charge is -2.39. The Balaban J connectivity index is 1.21. The van der Waals surface area contributed by atoms with Gasteiger partial charge in [-0.1, -0.05) is 11.2 Å². The summed E-state index contributed by atoms with van der Waals surface area (Å²) >= 11 is 0. The van der Waals surface area contributed by atoms with Gasteiger partial charge in [0.2, 0.25) is 5.95 Å². The summed E-state index contributed by atoms with van der Waals surface area (Å²) in [7, 11) is 0. The number of hydrogen-bond donors (Lipinski definition) is 1. The summed E-state index contributed by atoms with van der Waals surface area (Å²) in [4.78, 5) is 22.4. The molecule has 3 aromatic rings. The van der Waals surface area contributed by atoms with Crippen LogP contribution in [0.15, 0.2) is 28.8 Å². The van der Waals surface area contributed by atoms with Crippen LogP contribution in [0.5, 0.6) is 0 Å². The number of ether oxygens (including phenoxy) is 1. The quantitative estimate of drug-likeness (QED) is 0.487. The average Bonchev–Trinajstić information content (AvgIpc) is 3.54. The molecule has 2 saturated heterocycles. The maximum Gasteiger partial charge on any atom is 0.354 e. The highest BCUT2D eigenvalue weighted by atomic mass is 19.1. The summed E-state index contributed by atoms with van der Waals surface area (Å²) in [5, 5.41) is 13.4. The molecular formula is C26H26F2N4O4. The van der Waals surface area contributed by atoms with Crippen molar-refractivity contribution in [2.45, 2.75) is 76.2 Å². The van der Waals surface area contributed by atoms with Gasteiger partial charge in [-0.2, -0.15) is 0 Å². The Morgan fingerprint density at radius 1 is 1.14 bits per heavy atom. The number of anilines is 1. The molecule has 0 spiro atoms. The number of rotatable bonds is 7. The van der Waals surface area contributed by atoms with Crippen LogP contribution >= 0.6 is 0 Å². The van der Waals surface area contributed by atoms with Crippen LogP contribution in [0.2, 0.25) is 0 Å². The van der Waals surface area contributed by atoms with E-state index < -0.39 is 17.6 Å². The Morgan fingerprint density at radius 3 is 2.47 bits per heavy atom. The van der Waals surface area contributed by atoms with E-state index in [0.717, 1.165) is 38.5 Å². The minimum atomic E-state index is -1.07. The first kappa shape index (κ1) is 23.0. The van der Waals surface area contributed by atoms with E-state index in [1.165, 1.54) is 24.3 Å². The zero-order valence-corrected chi connectivity index (χ0v) is 19.8. The van der Waals surface area contributed by atoms with Gasteiger partial charge in [0, 0.05) is 29.3 Å². The van der Waals surface area contributed by atoms with E-state index >= 15 is 0 Å². The second-order valence-electron chi connectivity index (χ2n) is 9.94. The molecule has 2 aliphatic heterocycles. The molecule has 1 saturated carbocycles. The first-order valence-corrected chi connectivity index (χ1v) is 12.3. The molecule has 2 atom stereocenters. The fraction of sp³-hybridized carbons (Fsp3) is 0.462. The van der Waals surface area contributed by atoms with Crippen molar-refractivity contribution >= 4 is 11.9 Å². The second kappa shape index (κ2) is 8.92. The summed E-state index contributed by atoms with van der Waals surface area (Å²) in [6, 6.07) is 5.48. The lowest BCUT2D eigenvalue weighted by molar-refractivity contribution is 0.0144. The van der Waals surface area contributed by atoms with Crippen molar-refractivity contribution in [3.05, 3.63) is 58.6 Å². The number of aryl methyl sites for hydroxylation is 1. The average molecular weight is 497 g/mol. The molecule has 1 N–H and O–H groups in total. The van der Waals surface area contributed by atoms with Crippen LogP contribution in [0.4, 0.5) is 14.7 Å². The van der Waals surface area contributed by atoms with Gasteiger partial charge in [-0.3, -0.25) is 0 Å². The van der Waals surface area contributed by atoms with E-state index in [2.05, 4.69) is 20.0 Å². The standard InChI is InChI=1S/C26H26F2N4O4/c1-13-9-21(25(33)34)30-26(29-13)32-15-7-8-16(32)11-17(10-15)35-12-18-23(31-36-24(18)14-5-6-14)22-19(27)3-2-4-20(22)28/h2-4,9,14-17H,5-8,10-12H2,1H3,(H,33,34). The molecule has 2 unspecified atom stereocenters. The van der Waals surface area contributed by atoms with Gasteiger partial charge in [0.1, 0.15) is 23.1 Å². The number of aromatic carboxylic acids is 1. The number of nitrogens with zero attached hydrogens (tertiary/aromatic N) is 4. The third kappa shape index (κ3) is 4.13. The van der Waals surface area contributed by atoms with Crippen molar-refractivity contribution in [2.24, 2.45) is 0 Å². The minimum absolute atomic E-state index is 0.0109.